The Kier molecular flexibility index (Phi) is 7.64. The van der Waals surface area contributed by atoms with Gasteiger partial charge >= 0.3 is 0 Å². The molecule has 21 heavy (non-hydrogen) atoms. The van der Waals surface area contributed by atoms with Gasteiger partial charge in [0.05, 0.1) is 12.2 Å². The average Bonchev–Trinajstić information content (AvgIpc) is 2.44. The van der Waals surface area contributed by atoms with Crippen LogP contribution < -0.4 is 10.6 Å². The maximum absolute atomic E-state index is 13.4. The second kappa shape index (κ2) is 8.97. The monoisotopic (exact) mass is 315 g/mol. The van der Waals surface area contributed by atoms with E-state index in [4.69, 9.17) is 0 Å². The van der Waals surface area contributed by atoms with Gasteiger partial charge in [-0.05, 0) is 57.6 Å². The Hall–Kier alpha value is -1.17. The fourth-order valence-electron chi connectivity index (χ4n) is 2.59. The van der Waals surface area contributed by atoms with Crippen molar-refractivity contribution in [3.8, 4) is 0 Å². The average molecular weight is 316 g/mol. The summed E-state index contributed by atoms with van der Waals surface area (Å²) in [7, 11) is 1.97. The number of rotatable bonds is 5. The first-order valence-corrected chi connectivity index (χ1v) is 7.10. The van der Waals surface area contributed by atoms with E-state index >= 15 is 0 Å². The number of amides is 1. The quantitative estimate of drug-likeness (QED) is 0.875. The molecule has 1 amide bonds. The van der Waals surface area contributed by atoms with E-state index in [1.807, 2.05) is 7.05 Å². The molecule has 4 nitrogen and oxygen atoms in total. The molecule has 1 aromatic carbocycles. The van der Waals surface area contributed by atoms with Crippen molar-refractivity contribution in [1.82, 2.24) is 10.2 Å². The number of nitrogens with one attached hydrogen (secondary N) is 2. The Bertz CT molecular complexity index is 450. The van der Waals surface area contributed by atoms with Crippen molar-refractivity contribution in [2.45, 2.75) is 12.8 Å². The Morgan fingerprint density at radius 2 is 2.00 bits per heavy atom. The van der Waals surface area contributed by atoms with Crippen LogP contribution in [0.3, 0.4) is 0 Å². The van der Waals surface area contributed by atoms with Crippen molar-refractivity contribution in [1.29, 1.82) is 0 Å². The number of hydrogen-bond acceptors (Lipinski definition) is 3. The molecular formula is C15H23ClFN3O. The van der Waals surface area contributed by atoms with Crippen molar-refractivity contribution in [3.05, 3.63) is 30.1 Å². The lowest BCUT2D eigenvalue weighted by molar-refractivity contribution is -0.117. The first-order valence-electron chi connectivity index (χ1n) is 7.10. The van der Waals surface area contributed by atoms with Crippen LogP contribution in [-0.4, -0.2) is 44.0 Å². The highest BCUT2D eigenvalue weighted by atomic mass is 35.5. The summed E-state index contributed by atoms with van der Waals surface area (Å²) in [5.74, 6) is 0.154. The number of anilines is 1. The molecule has 6 heteroatoms. The lowest BCUT2D eigenvalue weighted by Gasteiger charge is -2.31. The number of carbonyl (C=O) groups is 1. The van der Waals surface area contributed by atoms with Gasteiger partial charge in [-0.2, -0.15) is 0 Å². The van der Waals surface area contributed by atoms with Gasteiger partial charge in [-0.3, -0.25) is 9.69 Å². The third-order valence-corrected chi connectivity index (χ3v) is 3.72. The molecule has 1 saturated heterocycles. The van der Waals surface area contributed by atoms with E-state index < -0.39 is 5.82 Å². The number of likely N-dealkylation sites (tertiary alicyclic amines) is 1. The summed E-state index contributed by atoms with van der Waals surface area (Å²) >= 11 is 0. The minimum absolute atomic E-state index is 0. The highest BCUT2D eigenvalue weighted by Crippen LogP contribution is 2.16. The summed E-state index contributed by atoms with van der Waals surface area (Å²) in [5.41, 5.74) is 0.252. The predicted molar refractivity (Wildman–Crippen MR) is 85.4 cm³/mol. The Balaban J connectivity index is 0.00000220. The highest BCUT2D eigenvalue weighted by Gasteiger charge is 2.20. The summed E-state index contributed by atoms with van der Waals surface area (Å²) < 4.78 is 13.4. The third-order valence-electron chi connectivity index (χ3n) is 3.72. The van der Waals surface area contributed by atoms with Crippen LogP contribution in [0.1, 0.15) is 12.8 Å². The Morgan fingerprint density at radius 3 is 2.62 bits per heavy atom. The maximum atomic E-state index is 13.4. The summed E-state index contributed by atoms with van der Waals surface area (Å²) in [6.45, 7) is 3.23. The number of benzene rings is 1. The molecule has 0 spiro atoms. The normalized spacial score (nSPS) is 16.3. The topological polar surface area (TPSA) is 44.4 Å². The second-order valence-corrected chi connectivity index (χ2v) is 5.31. The SMILES string of the molecule is CNCC1CCN(CC(=O)Nc2ccccc2F)CC1.Cl. The van der Waals surface area contributed by atoms with Crippen molar-refractivity contribution >= 4 is 24.0 Å². The van der Waals surface area contributed by atoms with Crippen LogP contribution in [0.15, 0.2) is 24.3 Å². The van der Waals surface area contributed by atoms with Gasteiger partial charge in [0.25, 0.3) is 0 Å². The Labute approximate surface area is 131 Å². The zero-order valence-corrected chi connectivity index (χ0v) is 13.1. The molecule has 0 unspecified atom stereocenters. The number of piperidine rings is 1. The van der Waals surface area contributed by atoms with E-state index in [0.29, 0.717) is 12.5 Å². The van der Waals surface area contributed by atoms with Gasteiger partial charge in [0, 0.05) is 0 Å². The minimum Gasteiger partial charge on any atom is -0.322 e. The van der Waals surface area contributed by atoms with Crippen molar-refractivity contribution in [3.63, 3.8) is 0 Å². The summed E-state index contributed by atoms with van der Waals surface area (Å²) in [6, 6.07) is 6.24. The molecule has 0 bridgehead atoms. The Morgan fingerprint density at radius 1 is 1.33 bits per heavy atom. The highest BCUT2D eigenvalue weighted by molar-refractivity contribution is 5.92. The molecule has 0 atom stereocenters. The molecule has 1 fully saturated rings. The van der Waals surface area contributed by atoms with Gasteiger partial charge in [-0.1, -0.05) is 12.1 Å². The van der Waals surface area contributed by atoms with E-state index in [9.17, 15) is 9.18 Å². The van der Waals surface area contributed by atoms with Gasteiger partial charge in [-0.25, -0.2) is 4.39 Å². The maximum Gasteiger partial charge on any atom is 0.238 e. The van der Waals surface area contributed by atoms with E-state index in [0.717, 1.165) is 32.5 Å². The van der Waals surface area contributed by atoms with E-state index in [2.05, 4.69) is 15.5 Å². The van der Waals surface area contributed by atoms with Gasteiger partial charge in [0.1, 0.15) is 5.82 Å². The molecule has 2 N–H and O–H groups in total. The molecule has 118 valence electrons. The van der Waals surface area contributed by atoms with Gasteiger partial charge in [0.15, 0.2) is 0 Å². The molecule has 1 aliphatic rings. The molecular weight excluding hydrogens is 293 g/mol. The fraction of sp³-hybridized carbons (Fsp3) is 0.533. The van der Waals surface area contributed by atoms with Gasteiger partial charge in [-0.15, -0.1) is 12.4 Å². The lowest BCUT2D eigenvalue weighted by Crippen LogP contribution is -2.40. The number of halogens is 2. The number of nitrogens with zero attached hydrogens (tertiary/aromatic N) is 1. The van der Waals surface area contributed by atoms with E-state index in [-0.39, 0.29) is 24.0 Å². The lowest BCUT2D eigenvalue weighted by atomic mass is 9.97. The summed E-state index contributed by atoms with van der Waals surface area (Å²) in [4.78, 5) is 14.0. The first-order chi connectivity index (χ1) is 9.69. The van der Waals surface area contributed by atoms with Crippen LogP contribution in [0.5, 0.6) is 0 Å². The summed E-state index contributed by atoms with van der Waals surface area (Å²) in [5, 5.41) is 5.82. The van der Waals surface area contributed by atoms with Crippen LogP contribution in [0, 0.1) is 11.7 Å². The molecule has 0 saturated carbocycles. The largest absolute Gasteiger partial charge is 0.322 e. The van der Waals surface area contributed by atoms with Gasteiger partial charge in [0.2, 0.25) is 5.91 Å². The zero-order chi connectivity index (χ0) is 14.4. The molecule has 0 aliphatic carbocycles. The fourth-order valence-corrected chi connectivity index (χ4v) is 2.59. The minimum atomic E-state index is -0.395. The molecule has 1 aliphatic heterocycles. The molecule has 1 aromatic rings. The first kappa shape index (κ1) is 17.9. The van der Waals surface area contributed by atoms with E-state index in [1.165, 1.54) is 6.07 Å². The van der Waals surface area contributed by atoms with Crippen LogP contribution in [0.4, 0.5) is 10.1 Å². The number of hydrogen-bond donors (Lipinski definition) is 2. The summed E-state index contributed by atoms with van der Waals surface area (Å²) in [6.07, 6.45) is 2.21. The van der Waals surface area contributed by atoms with Crippen molar-refractivity contribution in [2.75, 3.05) is 38.5 Å². The smallest absolute Gasteiger partial charge is 0.238 e. The number of carbonyl (C=O) groups excluding carboxylic acids is 1. The molecule has 1 heterocycles. The van der Waals surface area contributed by atoms with Crippen molar-refractivity contribution in [2.24, 2.45) is 5.92 Å². The van der Waals surface area contributed by atoms with Crippen LogP contribution in [0.2, 0.25) is 0 Å². The predicted octanol–water partition coefficient (Wildman–Crippen LogP) is 2.12. The second-order valence-electron chi connectivity index (χ2n) is 5.31. The van der Waals surface area contributed by atoms with Gasteiger partial charge < -0.3 is 10.6 Å². The molecule has 2 rings (SSSR count). The van der Waals surface area contributed by atoms with E-state index in [1.54, 1.807) is 18.2 Å². The van der Waals surface area contributed by atoms with Crippen LogP contribution in [-0.2, 0) is 4.79 Å². The molecule has 0 radical (unpaired) electrons. The van der Waals surface area contributed by atoms with Crippen LogP contribution >= 0.6 is 12.4 Å². The van der Waals surface area contributed by atoms with Crippen LogP contribution in [0.25, 0.3) is 0 Å². The number of para-hydroxylation sites is 1. The zero-order valence-electron chi connectivity index (χ0n) is 12.3. The molecule has 0 aromatic heterocycles. The van der Waals surface area contributed by atoms with Crippen molar-refractivity contribution < 1.29 is 9.18 Å². The standard InChI is InChI=1S/C15H22FN3O.ClH/c1-17-10-12-6-8-19(9-7-12)11-15(20)18-14-5-3-2-4-13(14)16;/h2-5,12,17H,6-11H2,1H3,(H,18,20);1H. The third kappa shape index (κ3) is 5.61.